The van der Waals surface area contributed by atoms with Crippen molar-refractivity contribution in [3.8, 4) is 0 Å². The van der Waals surface area contributed by atoms with E-state index in [2.05, 4.69) is 10.1 Å². The summed E-state index contributed by atoms with van der Waals surface area (Å²) in [6.45, 7) is 3.33. The van der Waals surface area contributed by atoms with Gasteiger partial charge in [-0.1, -0.05) is 5.16 Å². The Kier molecular flexibility index (Phi) is 1.34. The highest BCUT2D eigenvalue weighted by atomic mass is 16.5. The Bertz CT molecular complexity index is 326. The molecule has 0 N–H and O–H groups in total. The Labute approximate surface area is 70.0 Å². The summed E-state index contributed by atoms with van der Waals surface area (Å²) in [6.07, 6.45) is 1.70. The molecule has 0 unspecified atom stereocenters. The molecule has 0 atom stereocenters. The number of carbonyl (C=O) groups is 1. The average Bonchev–Trinajstić information content (AvgIpc) is 2.71. The third kappa shape index (κ3) is 0.873. The van der Waals surface area contributed by atoms with Crippen molar-refractivity contribution < 1.29 is 9.32 Å². The lowest BCUT2D eigenvalue weighted by Crippen LogP contribution is -2.17. The molecule has 1 fully saturated rings. The van der Waals surface area contributed by atoms with Crippen molar-refractivity contribution >= 4 is 5.78 Å². The first kappa shape index (κ1) is 7.46. The van der Waals surface area contributed by atoms with Crippen LogP contribution in [0.15, 0.2) is 4.52 Å². The lowest BCUT2D eigenvalue weighted by molar-refractivity contribution is -0.119. The third-order valence-electron chi connectivity index (χ3n) is 2.36. The van der Waals surface area contributed by atoms with Crippen molar-refractivity contribution in [2.75, 3.05) is 0 Å². The van der Waals surface area contributed by atoms with E-state index in [4.69, 9.17) is 4.52 Å². The van der Waals surface area contributed by atoms with Gasteiger partial charge >= 0.3 is 0 Å². The topological polar surface area (TPSA) is 56.0 Å². The minimum Gasteiger partial charge on any atom is -0.338 e. The predicted molar refractivity (Wildman–Crippen MR) is 40.6 cm³/mol. The predicted octanol–water partition coefficient (Wildman–Crippen LogP) is 0.999. The molecule has 1 aliphatic rings. The molecule has 12 heavy (non-hydrogen) atoms. The van der Waals surface area contributed by atoms with E-state index in [1.165, 1.54) is 0 Å². The lowest BCUT2D eigenvalue weighted by atomic mass is 10.0. The van der Waals surface area contributed by atoms with Gasteiger partial charge in [-0.3, -0.25) is 4.79 Å². The van der Waals surface area contributed by atoms with Crippen LogP contribution in [0, 0.1) is 6.92 Å². The molecule has 1 aliphatic carbocycles. The molecule has 1 saturated carbocycles. The molecule has 2 rings (SSSR count). The van der Waals surface area contributed by atoms with Crippen molar-refractivity contribution in [3.05, 3.63) is 11.7 Å². The number of aryl methyl sites for hydroxylation is 1. The first-order chi connectivity index (χ1) is 5.65. The molecular formula is C8H10N2O2. The summed E-state index contributed by atoms with van der Waals surface area (Å²) in [7, 11) is 0. The molecular weight excluding hydrogens is 156 g/mol. The molecule has 4 heteroatoms. The van der Waals surface area contributed by atoms with E-state index < -0.39 is 5.41 Å². The second-order valence-electron chi connectivity index (χ2n) is 3.29. The van der Waals surface area contributed by atoms with Crippen molar-refractivity contribution in [3.63, 3.8) is 0 Å². The van der Waals surface area contributed by atoms with Gasteiger partial charge in [0.25, 0.3) is 0 Å². The molecule has 0 spiro atoms. The Morgan fingerprint density at radius 1 is 1.58 bits per heavy atom. The Hall–Kier alpha value is -1.19. The monoisotopic (exact) mass is 166 g/mol. The summed E-state index contributed by atoms with van der Waals surface area (Å²) in [5, 5.41) is 3.67. The van der Waals surface area contributed by atoms with E-state index in [0.29, 0.717) is 11.7 Å². The van der Waals surface area contributed by atoms with Gasteiger partial charge in [0.2, 0.25) is 5.89 Å². The van der Waals surface area contributed by atoms with E-state index in [1.54, 1.807) is 13.8 Å². The maximum atomic E-state index is 11.2. The highest BCUT2D eigenvalue weighted by Crippen LogP contribution is 2.47. The number of aromatic nitrogens is 2. The number of rotatable bonds is 2. The second kappa shape index (κ2) is 2.15. The third-order valence-corrected chi connectivity index (χ3v) is 2.36. The van der Waals surface area contributed by atoms with Gasteiger partial charge in [-0.2, -0.15) is 4.98 Å². The number of carbonyl (C=O) groups excluding carboxylic acids is 1. The molecule has 64 valence electrons. The number of nitrogens with zero attached hydrogens (tertiary/aromatic N) is 2. The quantitative estimate of drug-likeness (QED) is 0.657. The zero-order chi connectivity index (χ0) is 8.77. The maximum Gasteiger partial charge on any atom is 0.240 e. The van der Waals surface area contributed by atoms with Crippen molar-refractivity contribution in [2.24, 2.45) is 0 Å². The van der Waals surface area contributed by atoms with Crippen LogP contribution in [0.4, 0.5) is 0 Å². The van der Waals surface area contributed by atoms with Crippen molar-refractivity contribution in [2.45, 2.75) is 32.1 Å². The Balaban J connectivity index is 2.36. The van der Waals surface area contributed by atoms with Crippen LogP contribution >= 0.6 is 0 Å². The van der Waals surface area contributed by atoms with Crippen LogP contribution in [0.2, 0.25) is 0 Å². The summed E-state index contributed by atoms with van der Waals surface area (Å²) < 4.78 is 4.97. The van der Waals surface area contributed by atoms with E-state index in [0.717, 1.165) is 12.8 Å². The second-order valence-corrected chi connectivity index (χ2v) is 3.29. The molecule has 1 aromatic heterocycles. The molecule has 0 aliphatic heterocycles. The van der Waals surface area contributed by atoms with Gasteiger partial charge in [0.1, 0.15) is 11.2 Å². The van der Waals surface area contributed by atoms with Crippen LogP contribution in [0.1, 0.15) is 31.5 Å². The minimum atomic E-state index is -0.415. The zero-order valence-corrected chi connectivity index (χ0v) is 7.13. The molecule has 1 aromatic rings. The fourth-order valence-electron chi connectivity index (χ4n) is 1.33. The highest BCUT2D eigenvalue weighted by molar-refractivity contribution is 5.89. The fraction of sp³-hybridized carbons (Fsp3) is 0.625. The van der Waals surface area contributed by atoms with Crippen LogP contribution < -0.4 is 0 Å². The first-order valence-corrected chi connectivity index (χ1v) is 3.97. The SMILES string of the molecule is CC(=O)C1(c2nc(C)no2)CC1. The summed E-state index contributed by atoms with van der Waals surface area (Å²) >= 11 is 0. The molecule has 0 radical (unpaired) electrons. The van der Waals surface area contributed by atoms with Crippen LogP contribution in [0.25, 0.3) is 0 Å². The van der Waals surface area contributed by atoms with Gasteiger partial charge in [0, 0.05) is 0 Å². The summed E-state index contributed by atoms with van der Waals surface area (Å²) in [5.74, 6) is 1.22. The number of hydrogen-bond acceptors (Lipinski definition) is 4. The van der Waals surface area contributed by atoms with Gasteiger partial charge in [-0.15, -0.1) is 0 Å². The van der Waals surface area contributed by atoms with E-state index in [9.17, 15) is 4.79 Å². The highest BCUT2D eigenvalue weighted by Gasteiger charge is 2.53. The van der Waals surface area contributed by atoms with Gasteiger partial charge in [-0.25, -0.2) is 0 Å². The fourth-order valence-corrected chi connectivity index (χ4v) is 1.33. The molecule has 0 bridgehead atoms. The van der Waals surface area contributed by atoms with E-state index in [-0.39, 0.29) is 5.78 Å². The normalized spacial score (nSPS) is 19.2. The van der Waals surface area contributed by atoms with E-state index in [1.807, 2.05) is 0 Å². The summed E-state index contributed by atoms with van der Waals surface area (Å²) in [4.78, 5) is 15.3. The van der Waals surface area contributed by atoms with Crippen LogP contribution in [-0.4, -0.2) is 15.9 Å². The summed E-state index contributed by atoms with van der Waals surface area (Å²) in [6, 6.07) is 0. The van der Waals surface area contributed by atoms with Crippen LogP contribution in [-0.2, 0) is 10.2 Å². The smallest absolute Gasteiger partial charge is 0.240 e. The Morgan fingerprint density at radius 3 is 2.58 bits per heavy atom. The molecule has 0 amide bonds. The van der Waals surface area contributed by atoms with Gasteiger partial charge in [-0.05, 0) is 26.7 Å². The van der Waals surface area contributed by atoms with Crippen LogP contribution in [0.5, 0.6) is 0 Å². The number of Topliss-reactive ketones (excluding diaryl/α,β-unsaturated/α-hetero) is 1. The number of hydrogen-bond donors (Lipinski definition) is 0. The molecule has 1 heterocycles. The van der Waals surface area contributed by atoms with Gasteiger partial charge in [0.05, 0.1) is 0 Å². The zero-order valence-electron chi connectivity index (χ0n) is 7.13. The van der Waals surface area contributed by atoms with Gasteiger partial charge < -0.3 is 4.52 Å². The first-order valence-electron chi connectivity index (χ1n) is 3.97. The summed E-state index contributed by atoms with van der Waals surface area (Å²) in [5.41, 5.74) is -0.415. The molecule has 0 aromatic carbocycles. The van der Waals surface area contributed by atoms with E-state index >= 15 is 0 Å². The number of ketones is 1. The maximum absolute atomic E-state index is 11.2. The lowest BCUT2D eigenvalue weighted by Gasteiger charge is -2.02. The van der Waals surface area contributed by atoms with Crippen LogP contribution in [0.3, 0.4) is 0 Å². The largest absolute Gasteiger partial charge is 0.338 e. The van der Waals surface area contributed by atoms with Crippen molar-refractivity contribution in [1.82, 2.24) is 10.1 Å². The minimum absolute atomic E-state index is 0.131. The van der Waals surface area contributed by atoms with Gasteiger partial charge in [0.15, 0.2) is 5.82 Å². The molecule has 0 saturated heterocycles. The average molecular weight is 166 g/mol. The standard InChI is InChI=1S/C8H10N2O2/c1-5(11)8(3-4-8)7-9-6(2)10-12-7/h3-4H2,1-2H3. The Morgan fingerprint density at radius 2 is 2.25 bits per heavy atom. The molecule has 4 nitrogen and oxygen atoms in total. The van der Waals surface area contributed by atoms with Crippen molar-refractivity contribution in [1.29, 1.82) is 0 Å².